The van der Waals surface area contributed by atoms with E-state index in [9.17, 15) is 9.59 Å². The molecule has 6 heteroatoms. The zero-order valence-corrected chi connectivity index (χ0v) is 14.0. The molecule has 0 aliphatic carbocycles. The van der Waals surface area contributed by atoms with Crippen molar-refractivity contribution in [1.82, 2.24) is 15.5 Å². The van der Waals surface area contributed by atoms with Crippen LogP contribution in [0.2, 0.25) is 0 Å². The molecule has 1 aliphatic rings. The van der Waals surface area contributed by atoms with Crippen molar-refractivity contribution < 1.29 is 9.59 Å². The SMILES string of the molecule is C[C@@H](CNC(=O)NCC(=O)N1CCCCC1)Cc1cccs1. The van der Waals surface area contributed by atoms with Crippen LogP contribution in [-0.4, -0.2) is 43.0 Å². The van der Waals surface area contributed by atoms with Crippen molar-refractivity contribution in [3.63, 3.8) is 0 Å². The standard InChI is InChI=1S/C16H25N3O2S/c1-13(10-14-6-5-9-22-14)11-17-16(21)18-12-15(20)19-7-3-2-4-8-19/h5-6,9,13H,2-4,7-8,10-12H2,1H3,(H2,17,18,21)/t13-/m1/s1. The second-order valence-electron chi connectivity index (χ2n) is 5.89. The Hall–Kier alpha value is -1.56. The third-order valence-electron chi connectivity index (χ3n) is 3.85. The van der Waals surface area contributed by atoms with Crippen LogP contribution in [0.3, 0.4) is 0 Å². The highest BCUT2D eigenvalue weighted by Crippen LogP contribution is 2.13. The Balaban J connectivity index is 1.60. The third kappa shape index (κ3) is 5.67. The first-order valence-corrected chi connectivity index (χ1v) is 8.85. The molecule has 1 aromatic rings. The van der Waals surface area contributed by atoms with Gasteiger partial charge in [0.15, 0.2) is 0 Å². The van der Waals surface area contributed by atoms with Gasteiger partial charge in [-0.25, -0.2) is 4.79 Å². The molecule has 0 spiro atoms. The molecule has 0 aromatic carbocycles. The molecular weight excluding hydrogens is 298 g/mol. The number of urea groups is 1. The predicted molar refractivity (Wildman–Crippen MR) is 89.0 cm³/mol. The van der Waals surface area contributed by atoms with Gasteiger partial charge in [0, 0.05) is 24.5 Å². The molecule has 122 valence electrons. The minimum absolute atomic E-state index is 0.0153. The van der Waals surface area contributed by atoms with Gasteiger partial charge in [-0.05, 0) is 43.0 Å². The summed E-state index contributed by atoms with van der Waals surface area (Å²) in [6, 6.07) is 3.89. The summed E-state index contributed by atoms with van der Waals surface area (Å²) in [4.78, 5) is 26.8. The third-order valence-corrected chi connectivity index (χ3v) is 4.75. The van der Waals surface area contributed by atoms with Crippen LogP contribution in [0.25, 0.3) is 0 Å². The monoisotopic (exact) mass is 323 g/mol. The maximum atomic E-state index is 11.9. The summed E-state index contributed by atoms with van der Waals surface area (Å²) in [6.07, 6.45) is 4.29. The summed E-state index contributed by atoms with van der Waals surface area (Å²) >= 11 is 1.74. The van der Waals surface area contributed by atoms with E-state index in [1.807, 2.05) is 11.0 Å². The summed E-state index contributed by atoms with van der Waals surface area (Å²) in [5, 5.41) is 7.56. The predicted octanol–water partition coefficient (Wildman–Crippen LogP) is 2.24. The fraction of sp³-hybridized carbons (Fsp3) is 0.625. The molecule has 1 atom stereocenters. The number of likely N-dealkylation sites (tertiary alicyclic amines) is 1. The zero-order chi connectivity index (χ0) is 15.8. The van der Waals surface area contributed by atoms with E-state index < -0.39 is 0 Å². The van der Waals surface area contributed by atoms with Crippen LogP contribution < -0.4 is 10.6 Å². The molecule has 0 saturated carbocycles. The Morgan fingerprint density at radius 3 is 2.73 bits per heavy atom. The van der Waals surface area contributed by atoms with E-state index >= 15 is 0 Å². The summed E-state index contributed by atoms with van der Waals surface area (Å²) in [5.74, 6) is 0.392. The normalized spacial score (nSPS) is 16.1. The number of rotatable bonds is 6. The first kappa shape index (κ1) is 16.8. The van der Waals surface area contributed by atoms with E-state index in [1.165, 1.54) is 11.3 Å². The first-order valence-electron chi connectivity index (χ1n) is 7.97. The topological polar surface area (TPSA) is 61.4 Å². The number of nitrogens with zero attached hydrogens (tertiary/aromatic N) is 1. The van der Waals surface area contributed by atoms with Gasteiger partial charge in [0.25, 0.3) is 0 Å². The Labute approximate surface area is 136 Å². The average molecular weight is 323 g/mol. The molecule has 1 aliphatic heterocycles. The molecule has 2 heterocycles. The molecule has 2 rings (SSSR count). The fourth-order valence-electron chi connectivity index (χ4n) is 2.58. The maximum Gasteiger partial charge on any atom is 0.315 e. The van der Waals surface area contributed by atoms with Crippen LogP contribution >= 0.6 is 11.3 Å². The maximum absolute atomic E-state index is 11.9. The van der Waals surface area contributed by atoms with Gasteiger partial charge in [-0.3, -0.25) is 4.79 Å². The molecule has 2 N–H and O–H groups in total. The van der Waals surface area contributed by atoms with Gasteiger partial charge in [-0.1, -0.05) is 13.0 Å². The Bertz CT molecular complexity index is 470. The van der Waals surface area contributed by atoms with Crippen LogP contribution in [0, 0.1) is 5.92 Å². The lowest BCUT2D eigenvalue weighted by atomic mass is 10.1. The summed E-state index contributed by atoms with van der Waals surface area (Å²) in [7, 11) is 0. The van der Waals surface area contributed by atoms with Crippen molar-refractivity contribution in [3.8, 4) is 0 Å². The number of thiophene rings is 1. The van der Waals surface area contributed by atoms with E-state index in [4.69, 9.17) is 0 Å². The molecule has 3 amide bonds. The van der Waals surface area contributed by atoms with E-state index in [1.54, 1.807) is 11.3 Å². The van der Waals surface area contributed by atoms with Crippen LogP contribution in [-0.2, 0) is 11.2 Å². The Kier molecular flexibility index (Phi) is 6.71. The highest BCUT2D eigenvalue weighted by atomic mass is 32.1. The van der Waals surface area contributed by atoms with Crippen molar-refractivity contribution in [2.75, 3.05) is 26.2 Å². The van der Waals surface area contributed by atoms with Crippen LogP contribution in [0.4, 0.5) is 4.79 Å². The molecular formula is C16H25N3O2S. The van der Waals surface area contributed by atoms with Crippen molar-refractivity contribution >= 4 is 23.3 Å². The van der Waals surface area contributed by atoms with Gasteiger partial charge in [0.2, 0.25) is 5.91 Å². The number of nitrogens with one attached hydrogen (secondary N) is 2. The van der Waals surface area contributed by atoms with E-state index in [0.29, 0.717) is 12.5 Å². The lowest BCUT2D eigenvalue weighted by molar-refractivity contribution is -0.130. The quantitative estimate of drug-likeness (QED) is 0.843. The minimum Gasteiger partial charge on any atom is -0.341 e. The molecule has 22 heavy (non-hydrogen) atoms. The smallest absolute Gasteiger partial charge is 0.315 e. The highest BCUT2D eigenvalue weighted by molar-refractivity contribution is 7.09. The van der Waals surface area contributed by atoms with E-state index in [-0.39, 0.29) is 18.5 Å². The van der Waals surface area contributed by atoms with Crippen LogP contribution in [0.5, 0.6) is 0 Å². The summed E-state index contributed by atoms with van der Waals surface area (Å²) in [6.45, 7) is 4.45. The molecule has 1 saturated heterocycles. The summed E-state index contributed by atoms with van der Waals surface area (Å²) < 4.78 is 0. The second kappa shape index (κ2) is 8.78. The second-order valence-corrected chi connectivity index (χ2v) is 6.93. The number of amides is 3. The van der Waals surface area contributed by atoms with Crippen molar-refractivity contribution in [3.05, 3.63) is 22.4 Å². The Morgan fingerprint density at radius 1 is 1.27 bits per heavy atom. The molecule has 5 nitrogen and oxygen atoms in total. The van der Waals surface area contributed by atoms with Gasteiger partial charge in [0.1, 0.15) is 0 Å². The number of carbonyl (C=O) groups excluding carboxylic acids is 2. The average Bonchev–Trinajstić information content (AvgIpc) is 3.04. The molecule has 1 aromatic heterocycles. The largest absolute Gasteiger partial charge is 0.341 e. The summed E-state index contributed by atoms with van der Waals surface area (Å²) in [5.41, 5.74) is 0. The molecule has 0 unspecified atom stereocenters. The van der Waals surface area contributed by atoms with Crippen molar-refractivity contribution in [1.29, 1.82) is 0 Å². The fourth-order valence-corrected chi connectivity index (χ4v) is 3.45. The lowest BCUT2D eigenvalue weighted by Crippen LogP contribution is -2.46. The van der Waals surface area contributed by atoms with Gasteiger partial charge >= 0.3 is 6.03 Å². The van der Waals surface area contributed by atoms with E-state index in [2.05, 4.69) is 29.0 Å². The lowest BCUT2D eigenvalue weighted by Gasteiger charge is -2.26. The molecule has 0 radical (unpaired) electrons. The highest BCUT2D eigenvalue weighted by Gasteiger charge is 2.16. The van der Waals surface area contributed by atoms with Gasteiger partial charge in [0.05, 0.1) is 6.54 Å². The van der Waals surface area contributed by atoms with Crippen LogP contribution in [0.15, 0.2) is 17.5 Å². The van der Waals surface area contributed by atoms with Gasteiger partial charge < -0.3 is 15.5 Å². The number of piperidine rings is 1. The van der Waals surface area contributed by atoms with Gasteiger partial charge in [-0.2, -0.15) is 0 Å². The zero-order valence-electron chi connectivity index (χ0n) is 13.1. The number of hydrogen-bond donors (Lipinski definition) is 2. The Morgan fingerprint density at radius 2 is 2.05 bits per heavy atom. The number of hydrogen-bond acceptors (Lipinski definition) is 3. The number of carbonyl (C=O) groups is 2. The molecule has 0 bridgehead atoms. The molecule has 1 fully saturated rings. The first-order chi connectivity index (χ1) is 10.6. The van der Waals surface area contributed by atoms with Crippen molar-refractivity contribution in [2.45, 2.75) is 32.6 Å². The van der Waals surface area contributed by atoms with Gasteiger partial charge in [-0.15, -0.1) is 11.3 Å². The van der Waals surface area contributed by atoms with Crippen molar-refractivity contribution in [2.24, 2.45) is 5.92 Å². The van der Waals surface area contributed by atoms with Crippen LogP contribution in [0.1, 0.15) is 31.1 Å². The van der Waals surface area contributed by atoms with E-state index in [0.717, 1.165) is 32.4 Å². The minimum atomic E-state index is -0.261.